The van der Waals surface area contributed by atoms with E-state index < -0.39 is 29.4 Å². The van der Waals surface area contributed by atoms with Gasteiger partial charge in [-0.15, -0.1) is 0 Å². The lowest BCUT2D eigenvalue weighted by Crippen LogP contribution is -2.43. The summed E-state index contributed by atoms with van der Waals surface area (Å²) in [7, 11) is 1.55. The average molecular weight is 399 g/mol. The maximum atomic E-state index is 12.3. The number of anilines is 1. The Hall–Kier alpha value is -3.75. The van der Waals surface area contributed by atoms with Crippen molar-refractivity contribution in [3.05, 3.63) is 69.8 Å². The minimum atomic E-state index is -0.893. The number of benzene rings is 2. The van der Waals surface area contributed by atoms with Crippen LogP contribution in [0.15, 0.2) is 48.5 Å². The van der Waals surface area contributed by atoms with Crippen molar-refractivity contribution in [1.29, 1.82) is 0 Å². The fourth-order valence-electron chi connectivity index (χ4n) is 2.62. The van der Waals surface area contributed by atoms with Crippen LogP contribution in [0.25, 0.3) is 0 Å². The van der Waals surface area contributed by atoms with Crippen molar-refractivity contribution in [2.45, 2.75) is 19.4 Å². The molecule has 2 rings (SSSR count). The summed E-state index contributed by atoms with van der Waals surface area (Å²) in [6.45, 7) is 0.742. The fourth-order valence-corrected chi connectivity index (χ4v) is 2.62. The molecule has 0 unspecified atom stereocenters. The third kappa shape index (κ3) is 6.13. The van der Waals surface area contributed by atoms with E-state index in [0.29, 0.717) is 12.1 Å². The van der Waals surface area contributed by atoms with Crippen LogP contribution < -0.4 is 10.6 Å². The number of hydrogen-bond donors (Lipinski definition) is 2. The van der Waals surface area contributed by atoms with Gasteiger partial charge in [0, 0.05) is 24.9 Å². The standard InChI is InChI=1S/C20H21N3O6/c1-13(24)18(10-14-6-4-3-5-7-14)22-19(25)12-29-20(26)16-11-15(23(27)28)8-9-17(16)21-2/h3-9,11,18,21H,10,12H2,1-2H3,(H,22,25)/t18-/m0/s1. The number of carbonyl (C=O) groups is 3. The van der Waals surface area contributed by atoms with Gasteiger partial charge in [0.25, 0.3) is 11.6 Å². The Kier molecular flexibility index (Phi) is 7.41. The topological polar surface area (TPSA) is 128 Å². The van der Waals surface area contributed by atoms with Crippen molar-refractivity contribution in [3.8, 4) is 0 Å². The van der Waals surface area contributed by atoms with E-state index in [0.717, 1.165) is 11.6 Å². The van der Waals surface area contributed by atoms with Crippen molar-refractivity contribution in [2.75, 3.05) is 19.0 Å². The van der Waals surface area contributed by atoms with Crippen LogP contribution in [0.4, 0.5) is 11.4 Å². The molecular formula is C20H21N3O6. The van der Waals surface area contributed by atoms with E-state index >= 15 is 0 Å². The van der Waals surface area contributed by atoms with E-state index in [-0.39, 0.29) is 17.0 Å². The molecular weight excluding hydrogens is 378 g/mol. The lowest BCUT2D eigenvalue weighted by molar-refractivity contribution is -0.384. The van der Waals surface area contributed by atoms with Gasteiger partial charge in [0.1, 0.15) is 0 Å². The van der Waals surface area contributed by atoms with Crippen molar-refractivity contribution in [2.24, 2.45) is 0 Å². The van der Waals surface area contributed by atoms with Gasteiger partial charge >= 0.3 is 5.97 Å². The summed E-state index contributed by atoms with van der Waals surface area (Å²) in [6.07, 6.45) is 0.310. The van der Waals surface area contributed by atoms with Crippen LogP contribution in [0, 0.1) is 10.1 Å². The highest BCUT2D eigenvalue weighted by atomic mass is 16.6. The van der Waals surface area contributed by atoms with Crippen molar-refractivity contribution < 1.29 is 24.0 Å². The van der Waals surface area contributed by atoms with Crippen LogP contribution in [0.1, 0.15) is 22.8 Å². The average Bonchev–Trinajstić information content (AvgIpc) is 2.71. The van der Waals surface area contributed by atoms with Gasteiger partial charge in [-0.3, -0.25) is 19.7 Å². The first-order chi connectivity index (χ1) is 13.8. The Labute approximate surface area is 167 Å². The summed E-state index contributed by atoms with van der Waals surface area (Å²) in [4.78, 5) is 46.5. The number of ketones is 1. The van der Waals surface area contributed by atoms with Crippen LogP contribution >= 0.6 is 0 Å². The molecule has 29 heavy (non-hydrogen) atoms. The van der Waals surface area contributed by atoms with Gasteiger partial charge in [-0.1, -0.05) is 30.3 Å². The largest absolute Gasteiger partial charge is 0.452 e. The molecule has 9 heteroatoms. The third-order valence-corrected chi connectivity index (χ3v) is 4.15. The van der Waals surface area contributed by atoms with E-state index in [1.807, 2.05) is 30.3 Å². The smallest absolute Gasteiger partial charge is 0.341 e. The van der Waals surface area contributed by atoms with Gasteiger partial charge < -0.3 is 15.4 Å². The van der Waals surface area contributed by atoms with Gasteiger partial charge in [-0.05, 0) is 25.0 Å². The highest BCUT2D eigenvalue weighted by molar-refractivity contribution is 5.97. The van der Waals surface area contributed by atoms with Gasteiger partial charge in [0.05, 0.1) is 16.5 Å². The molecule has 0 aromatic heterocycles. The molecule has 2 aromatic carbocycles. The summed E-state index contributed by atoms with van der Waals surface area (Å²) >= 11 is 0. The monoisotopic (exact) mass is 399 g/mol. The Bertz CT molecular complexity index is 914. The van der Waals surface area contributed by atoms with E-state index in [2.05, 4.69) is 10.6 Å². The molecule has 0 aliphatic carbocycles. The third-order valence-electron chi connectivity index (χ3n) is 4.15. The van der Waals surface area contributed by atoms with Crippen molar-refractivity contribution in [1.82, 2.24) is 5.32 Å². The molecule has 0 bridgehead atoms. The number of rotatable bonds is 9. The van der Waals surface area contributed by atoms with Crippen LogP contribution in [-0.4, -0.2) is 42.3 Å². The molecule has 0 saturated heterocycles. The summed E-state index contributed by atoms with van der Waals surface area (Å²) in [6, 6.07) is 12.1. The number of Topliss-reactive ketones (excluding diaryl/α,β-unsaturated/α-hetero) is 1. The molecule has 0 fully saturated rings. The number of non-ortho nitro benzene ring substituents is 1. The second-order valence-corrected chi connectivity index (χ2v) is 6.23. The number of nitrogens with one attached hydrogen (secondary N) is 2. The summed E-state index contributed by atoms with van der Waals surface area (Å²) < 4.78 is 4.97. The number of hydrogen-bond acceptors (Lipinski definition) is 7. The van der Waals surface area contributed by atoms with E-state index in [4.69, 9.17) is 4.74 Å². The molecule has 1 amide bonds. The number of esters is 1. The number of nitro groups is 1. The molecule has 0 saturated carbocycles. The minimum absolute atomic E-state index is 0.0677. The van der Waals surface area contributed by atoms with Crippen LogP contribution in [0.5, 0.6) is 0 Å². The number of ether oxygens (including phenoxy) is 1. The number of nitrogens with zero attached hydrogens (tertiary/aromatic N) is 1. The minimum Gasteiger partial charge on any atom is -0.452 e. The zero-order valence-electron chi connectivity index (χ0n) is 16.0. The van der Waals surface area contributed by atoms with Gasteiger partial charge in [0.2, 0.25) is 0 Å². The van der Waals surface area contributed by atoms with Crippen LogP contribution in [0.2, 0.25) is 0 Å². The molecule has 2 aromatic rings. The Balaban J connectivity index is 2.00. The summed E-state index contributed by atoms with van der Waals surface area (Å²) in [5.41, 5.74) is 0.855. The molecule has 9 nitrogen and oxygen atoms in total. The lowest BCUT2D eigenvalue weighted by atomic mass is 10.0. The summed E-state index contributed by atoms with van der Waals surface area (Å²) in [5.74, 6) is -1.77. The molecule has 152 valence electrons. The quantitative estimate of drug-likeness (QED) is 0.375. The number of amides is 1. The van der Waals surface area contributed by atoms with Crippen molar-refractivity contribution in [3.63, 3.8) is 0 Å². The molecule has 1 atom stereocenters. The predicted molar refractivity (Wildman–Crippen MR) is 106 cm³/mol. The Morgan fingerprint density at radius 1 is 1.14 bits per heavy atom. The maximum absolute atomic E-state index is 12.3. The van der Waals surface area contributed by atoms with Gasteiger partial charge in [-0.25, -0.2) is 4.79 Å². The molecule has 2 N–H and O–H groups in total. The number of nitro benzene ring substituents is 1. The zero-order valence-corrected chi connectivity index (χ0v) is 16.0. The van der Waals surface area contributed by atoms with Gasteiger partial charge in [-0.2, -0.15) is 0 Å². The second-order valence-electron chi connectivity index (χ2n) is 6.23. The first-order valence-electron chi connectivity index (χ1n) is 8.79. The summed E-state index contributed by atoms with van der Waals surface area (Å²) in [5, 5.41) is 16.2. The lowest BCUT2D eigenvalue weighted by Gasteiger charge is -2.16. The molecule has 0 radical (unpaired) electrons. The van der Waals surface area contributed by atoms with Crippen LogP contribution in [0.3, 0.4) is 0 Å². The predicted octanol–water partition coefficient (Wildman–Crippen LogP) is 2.11. The fraction of sp³-hybridized carbons (Fsp3) is 0.250. The highest BCUT2D eigenvalue weighted by Crippen LogP contribution is 2.22. The molecule has 0 aliphatic heterocycles. The first kappa shape index (κ1) is 21.5. The Morgan fingerprint density at radius 2 is 1.83 bits per heavy atom. The second kappa shape index (κ2) is 9.98. The zero-order chi connectivity index (χ0) is 21.4. The maximum Gasteiger partial charge on any atom is 0.341 e. The highest BCUT2D eigenvalue weighted by Gasteiger charge is 2.21. The van der Waals surface area contributed by atoms with E-state index in [1.54, 1.807) is 7.05 Å². The Morgan fingerprint density at radius 3 is 2.41 bits per heavy atom. The molecule has 0 spiro atoms. The number of carbonyl (C=O) groups excluding carboxylic acids is 3. The van der Waals surface area contributed by atoms with Crippen LogP contribution in [-0.2, 0) is 20.7 Å². The molecule has 0 heterocycles. The molecule has 0 aliphatic rings. The first-order valence-corrected chi connectivity index (χ1v) is 8.79. The van der Waals surface area contributed by atoms with Gasteiger partial charge in [0.15, 0.2) is 12.4 Å². The normalized spacial score (nSPS) is 11.2. The van der Waals surface area contributed by atoms with E-state index in [9.17, 15) is 24.5 Å². The van der Waals surface area contributed by atoms with E-state index in [1.165, 1.54) is 19.1 Å². The SMILES string of the molecule is CNc1ccc([N+](=O)[O-])cc1C(=O)OCC(=O)N[C@@H](Cc1ccccc1)C(C)=O. The van der Waals surface area contributed by atoms with Crippen molar-refractivity contribution >= 4 is 29.0 Å².